The van der Waals surface area contributed by atoms with Crippen LogP contribution in [-0.2, 0) is 20.9 Å². The molecule has 1 aromatic carbocycles. The highest BCUT2D eigenvalue weighted by Gasteiger charge is 2.14. The summed E-state index contributed by atoms with van der Waals surface area (Å²) in [6, 6.07) is 7.19. The van der Waals surface area contributed by atoms with Crippen LogP contribution in [0.1, 0.15) is 12.0 Å². The first kappa shape index (κ1) is 13.5. The van der Waals surface area contributed by atoms with Crippen molar-refractivity contribution in [2.75, 3.05) is 14.2 Å². The minimum absolute atomic E-state index is 0.236. The van der Waals surface area contributed by atoms with Crippen LogP contribution in [0.15, 0.2) is 24.3 Å². The van der Waals surface area contributed by atoms with Crippen molar-refractivity contribution >= 4 is 23.5 Å². The number of hydrogen-bond acceptors (Lipinski definition) is 3. The van der Waals surface area contributed by atoms with Crippen molar-refractivity contribution in [3.05, 3.63) is 34.9 Å². The zero-order valence-electron chi connectivity index (χ0n) is 9.77. The van der Waals surface area contributed by atoms with Crippen molar-refractivity contribution in [3.63, 3.8) is 0 Å². The number of benzene rings is 1. The summed E-state index contributed by atoms with van der Waals surface area (Å²) in [4.78, 5) is 24.0. The predicted octanol–water partition coefficient (Wildman–Crippen LogP) is 1.86. The summed E-state index contributed by atoms with van der Waals surface area (Å²) in [7, 11) is 2.90. The molecule has 0 aliphatic rings. The van der Waals surface area contributed by atoms with E-state index in [1.54, 1.807) is 19.2 Å². The van der Waals surface area contributed by atoms with E-state index in [1.807, 2.05) is 12.1 Å². The molecule has 92 valence electrons. The van der Waals surface area contributed by atoms with Gasteiger partial charge < -0.3 is 9.64 Å². The maximum absolute atomic E-state index is 11.6. The summed E-state index contributed by atoms with van der Waals surface area (Å²) in [5.41, 5.74) is 0.954. The van der Waals surface area contributed by atoms with Crippen molar-refractivity contribution < 1.29 is 14.3 Å². The topological polar surface area (TPSA) is 46.6 Å². The lowest BCUT2D eigenvalue weighted by Crippen LogP contribution is -2.28. The molecule has 1 rings (SSSR count). The Morgan fingerprint density at radius 1 is 1.29 bits per heavy atom. The molecule has 0 saturated carbocycles. The minimum atomic E-state index is -0.530. The van der Waals surface area contributed by atoms with Gasteiger partial charge in [0.15, 0.2) is 0 Å². The van der Waals surface area contributed by atoms with Crippen LogP contribution in [0, 0.1) is 0 Å². The zero-order valence-corrected chi connectivity index (χ0v) is 10.5. The van der Waals surface area contributed by atoms with Gasteiger partial charge in [0.05, 0.1) is 7.11 Å². The maximum Gasteiger partial charge on any atom is 0.315 e. The maximum atomic E-state index is 11.6. The van der Waals surface area contributed by atoms with Gasteiger partial charge in [-0.2, -0.15) is 0 Å². The van der Waals surface area contributed by atoms with Crippen molar-refractivity contribution in [2.45, 2.75) is 13.0 Å². The quantitative estimate of drug-likeness (QED) is 0.609. The van der Waals surface area contributed by atoms with E-state index in [0.717, 1.165) is 5.56 Å². The number of rotatable bonds is 4. The normalized spacial score (nSPS) is 9.82. The highest BCUT2D eigenvalue weighted by atomic mass is 35.5. The highest BCUT2D eigenvalue weighted by Crippen LogP contribution is 2.11. The molecular weight excluding hydrogens is 242 g/mol. The standard InChI is InChI=1S/C12H14ClNO3/c1-14(11(15)7-12(16)17-2)8-9-3-5-10(13)6-4-9/h3-6H,7-8H2,1-2H3. The Morgan fingerprint density at radius 3 is 2.41 bits per heavy atom. The van der Waals surface area contributed by atoms with E-state index in [9.17, 15) is 9.59 Å². The largest absolute Gasteiger partial charge is 0.469 e. The first-order chi connectivity index (χ1) is 8.02. The second-order valence-corrected chi connectivity index (χ2v) is 4.07. The lowest BCUT2D eigenvalue weighted by molar-refractivity contribution is -0.146. The fourth-order valence-electron chi connectivity index (χ4n) is 1.28. The molecular formula is C12H14ClNO3. The van der Waals surface area contributed by atoms with Crippen LogP contribution >= 0.6 is 11.6 Å². The van der Waals surface area contributed by atoms with Gasteiger partial charge in [-0.25, -0.2) is 0 Å². The molecule has 0 fully saturated rings. The Morgan fingerprint density at radius 2 is 1.88 bits per heavy atom. The van der Waals surface area contributed by atoms with Gasteiger partial charge >= 0.3 is 5.97 Å². The third-order valence-electron chi connectivity index (χ3n) is 2.28. The second-order valence-electron chi connectivity index (χ2n) is 3.63. The fraction of sp³-hybridized carbons (Fsp3) is 0.333. The number of amides is 1. The summed E-state index contributed by atoms with van der Waals surface area (Å²) in [6.45, 7) is 0.437. The van der Waals surface area contributed by atoms with Gasteiger partial charge in [-0.15, -0.1) is 0 Å². The number of nitrogens with zero attached hydrogens (tertiary/aromatic N) is 1. The molecule has 0 aromatic heterocycles. The number of methoxy groups -OCH3 is 1. The molecule has 5 heteroatoms. The molecule has 4 nitrogen and oxygen atoms in total. The molecule has 0 atom stereocenters. The van der Waals surface area contributed by atoms with Gasteiger partial charge in [-0.1, -0.05) is 23.7 Å². The molecule has 17 heavy (non-hydrogen) atoms. The fourth-order valence-corrected chi connectivity index (χ4v) is 1.41. The number of ether oxygens (including phenoxy) is 1. The lowest BCUT2D eigenvalue weighted by Gasteiger charge is -2.16. The molecule has 1 aromatic rings. The first-order valence-electron chi connectivity index (χ1n) is 5.08. The van der Waals surface area contributed by atoms with E-state index in [0.29, 0.717) is 11.6 Å². The van der Waals surface area contributed by atoms with Crippen LogP contribution in [0.5, 0.6) is 0 Å². The average Bonchev–Trinajstić information content (AvgIpc) is 2.31. The molecule has 0 bridgehead atoms. The summed E-state index contributed by atoms with van der Waals surface area (Å²) in [5.74, 6) is -0.801. The molecule has 0 aliphatic heterocycles. The van der Waals surface area contributed by atoms with Gasteiger partial charge in [-0.05, 0) is 17.7 Å². The van der Waals surface area contributed by atoms with Crippen LogP contribution < -0.4 is 0 Å². The Labute approximate surface area is 105 Å². The van der Waals surface area contributed by atoms with Crippen LogP contribution in [0.3, 0.4) is 0 Å². The number of carbonyl (C=O) groups is 2. The van der Waals surface area contributed by atoms with E-state index in [4.69, 9.17) is 11.6 Å². The molecule has 0 saturated heterocycles. The summed E-state index contributed by atoms with van der Waals surface area (Å²) >= 11 is 5.76. The molecule has 0 aliphatic carbocycles. The third kappa shape index (κ3) is 4.44. The van der Waals surface area contributed by atoms with E-state index in [2.05, 4.69) is 4.74 Å². The Hall–Kier alpha value is -1.55. The molecule has 0 radical (unpaired) electrons. The van der Waals surface area contributed by atoms with Gasteiger partial charge in [0.2, 0.25) is 5.91 Å². The molecule has 0 heterocycles. The summed E-state index contributed by atoms with van der Waals surface area (Å²) in [5, 5.41) is 0.650. The zero-order chi connectivity index (χ0) is 12.8. The van der Waals surface area contributed by atoms with Gasteiger partial charge in [0.25, 0.3) is 0 Å². The highest BCUT2D eigenvalue weighted by molar-refractivity contribution is 6.30. The SMILES string of the molecule is COC(=O)CC(=O)N(C)Cc1ccc(Cl)cc1. The summed E-state index contributed by atoms with van der Waals surface area (Å²) in [6.07, 6.45) is -0.236. The Kier molecular flexibility index (Phi) is 4.97. The third-order valence-corrected chi connectivity index (χ3v) is 2.53. The van der Waals surface area contributed by atoms with Gasteiger partial charge in [0.1, 0.15) is 6.42 Å². The lowest BCUT2D eigenvalue weighted by atomic mass is 10.2. The Balaban J connectivity index is 2.54. The molecule has 0 N–H and O–H groups in total. The van der Waals surface area contributed by atoms with Crippen LogP contribution in [0.25, 0.3) is 0 Å². The van der Waals surface area contributed by atoms with Crippen LogP contribution in [0.2, 0.25) is 5.02 Å². The predicted molar refractivity (Wildman–Crippen MR) is 64.6 cm³/mol. The van der Waals surface area contributed by atoms with Crippen molar-refractivity contribution in [1.82, 2.24) is 4.90 Å². The van der Waals surface area contributed by atoms with E-state index in [-0.39, 0.29) is 12.3 Å². The number of hydrogen-bond donors (Lipinski definition) is 0. The van der Waals surface area contributed by atoms with Crippen molar-refractivity contribution in [1.29, 1.82) is 0 Å². The van der Waals surface area contributed by atoms with Crippen LogP contribution in [-0.4, -0.2) is 30.9 Å². The minimum Gasteiger partial charge on any atom is -0.469 e. The smallest absolute Gasteiger partial charge is 0.315 e. The number of carbonyl (C=O) groups excluding carboxylic acids is 2. The van der Waals surface area contributed by atoms with Crippen molar-refractivity contribution in [3.8, 4) is 0 Å². The van der Waals surface area contributed by atoms with Crippen LogP contribution in [0.4, 0.5) is 0 Å². The average molecular weight is 256 g/mol. The monoisotopic (exact) mass is 255 g/mol. The van der Waals surface area contributed by atoms with E-state index >= 15 is 0 Å². The van der Waals surface area contributed by atoms with Gasteiger partial charge in [-0.3, -0.25) is 9.59 Å². The second kappa shape index (κ2) is 6.25. The summed E-state index contributed by atoms with van der Waals surface area (Å²) < 4.78 is 4.43. The molecule has 1 amide bonds. The number of halogens is 1. The van der Waals surface area contributed by atoms with E-state index < -0.39 is 5.97 Å². The Bertz CT molecular complexity index is 403. The van der Waals surface area contributed by atoms with E-state index in [1.165, 1.54) is 12.0 Å². The molecule has 0 spiro atoms. The number of esters is 1. The van der Waals surface area contributed by atoms with Gasteiger partial charge in [0, 0.05) is 18.6 Å². The molecule has 0 unspecified atom stereocenters. The first-order valence-corrected chi connectivity index (χ1v) is 5.46. The van der Waals surface area contributed by atoms with Crippen molar-refractivity contribution in [2.24, 2.45) is 0 Å².